The molecule has 0 atom stereocenters. The molecule has 0 spiro atoms. The molecule has 0 fully saturated rings. The predicted molar refractivity (Wildman–Crippen MR) is 68.3 cm³/mol. The van der Waals surface area contributed by atoms with Gasteiger partial charge in [0.1, 0.15) is 0 Å². The zero-order valence-electron chi connectivity index (χ0n) is 10.6. The molecule has 0 saturated carbocycles. The molecule has 0 aromatic heterocycles. The molecule has 17 heavy (non-hydrogen) atoms. The Hall–Kier alpha value is -0.900. The van der Waals surface area contributed by atoms with Gasteiger partial charge in [0.2, 0.25) is 0 Å². The Labute approximate surface area is 104 Å². The molecule has 3 heteroatoms. The third-order valence-electron chi connectivity index (χ3n) is 2.33. The molecule has 1 rings (SSSR count). The Kier molecular flexibility index (Phi) is 8.55. The zero-order chi connectivity index (χ0) is 12.2. The van der Waals surface area contributed by atoms with Crippen LogP contribution in [0.2, 0.25) is 0 Å². The van der Waals surface area contributed by atoms with Gasteiger partial charge < -0.3 is 14.2 Å². The fourth-order valence-corrected chi connectivity index (χ4v) is 1.42. The molecule has 0 saturated heterocycles. The van der Waals surface area contributed by atoms with Crippen LogP contribution in [0.5, 0.6) is 0 Å². The number of hydrogen-bond acceptors (Lipinski definition) is 3. The van der Waals surface area contributed by atoms with Crippen molar-refractivity contribution in [2.45, 2.75) is 13.3 Å². The van der Waals surface area contributed by atoms with E-state index >= 15 is 0 Å². The minimum absolute atomic E-state index is 0.641. The normalized spacial score (nSPS) is 10.6. The van der Waals surface area contributed by atoms with Crippen molar-refractivity contribution >= 4 is 0 Å². The van der Waals surface area contributed by atoms with E-state index in [9.17, 15) is 0 Å². The molecule has 0 radical (unpaired) electrons. The number of hydrogen-bond donors (Lipinski definition) is 0. The summed E-state index contributed by atoms with van der Waals surface area (Å²) in [5, 5.41) is 0. The first-order chi connectivity index (χ1) is 8.43. The van der Waals surface area contributed by atoms with Crippen LogP contribution in [-0.2, 0) is 20.6 Å². The van der Waals surface area contributed by atoms with Crippen LogP contribution in [0, 0.1) is 0 Å². The van der Waals surface area contributed by atoms with Crippen LogP contribution in [0.25, 0.3) is 0 Å². The molecular formula is C14H22O3. The van der Waals surface area contributed by atoms with Gasteiger partial charge in [-0.1, -0.05) is 30.3 Å². The van der Waals surface area contributed by atoms with Crippen molar-refractivity contribution in [1.82, 2.24) is 0 Å². The third kappa shape index (κ3) is 7.91. The highest BCUT2D eigenvalue weighted by Gasteiger charge is 1.93. The van der Waals surface area contributed by atoms with Crippen molar-refractivity contribution in [2.75, 3.05) is 39.6 Å². The highest BCUT2D eigenvalue weighted by Crippen LogP contribution is 1.99. The van der Waals surface area contributed by atoms with E-state index in [1.165, 1.54) is 5.56 Å². The topological polar surface area (TPSA) is 27.7 Å². The average Bonchev–Trinajstić information content (AvgIpc) is 2.38. The quantitative estimate of drug-likeness (QED) is 0.585. The smallest absolute Gasteiger partial charge is 0.0701 e. The maximum absolute atomic E-state index is 5.48. The molecule has 0 aliphatic carbocycles. The maximum atomic E-state index is 5.48. The molecule has 3 nitrogen and oxygen atoms in total. The van der Waals surface area contributed by atoms with Gasteiger partial charge in [-0.25, -0.2) is 0 Å². The second-order valence-electron chi connectivity index (χ2n) is 3.66. The predicted octanol–water partition coefficient (Wildman–Crippen LogP) is 2.30. The van der Waals surface area contributed by atoms with E-state index < -0.39 is 0 Å². The Balaban J connectivity index is 1.85. The lowest BCUT2D eigenvalue weighted by atomic mass is 10.2. The number of benzene rings is 1. The molecule has 1 aromatic rings. The van der Waals surface area contributed by atoms with Crippen molar-refractivity contribution in [2.24, 2.45) is 0 Å². The Morgan fingerprint density at radius 3 is 2.00 bits per heavy atom. The Morgan fingerprint density at radius 2 is 1.35 bits per heavy atom. The van der Waals surface area contributed by atoms with Gasteiger partial charge in [0.15, 0.2) is 0 Å². The minimum Gasteiger partial charge on any atom is -0.379 e. The van der Waals surface area contributed by atoms with Crippen molar-refractivity contribution < 1.29 is 14.2 Å². The van der Waals surface area contributed by atoms with Gasteiger partial charge in [-0.2, -0.15) is 0 Å². The summed E-state index contributed by atoms with van der Waals surface area (Å²) in [5.74, 6) is 0. The van der Waals surface area contributed by atoms with Crippen LogP contribution in [-0.4, -0.2) is 39.6 Å². The van der Waals surface area contributed by atoms with Crippen molar-refractivity contribution in [1.29, 1.82) is 0 Å². The van der Waals surface area contributed by atoms with E-state index in [1.54, 1.807) is 0 Å². The largest absolute Gasteiger partial charge is 0.379 e. The summed E-state index contributed by atoms with van der Waals surface area (Å²) in [4.78, 5) is 0. The van der Waals surface area contributed by atoms with Gasteiger partial charge in [0, 0.05) is 6.61 Å². The molecule has 0 N–H and O–H groups in total. The lowest BCUT2D eigenvalue weighted by molar-refractivity contribution is 0.0175. The summed E-state index contributed by atoms with van der Waals surface area (Å²) in [5.41, 5.74) is 1.31. The molecule has 96 valence electrons. The first-order valence-electron chi connectivity index (χ1n) is 6.20. The first-order valence-corrected chi connectivity index (χ1v) is 6.20. The molecule has 0 bridgehead atoms. The fraction of sp³-hybridized carbons (Fsp3) is 0.571. The summed E-state index contributed by atoms with van der Waals surface area (Å²) < 4.78 is 16.0. The Bertz CT molecular complexity index is 261. The van der Waals surface area contributed by atoms with Crippen molar-refractivity contribution in [3.63, 3.8) is 0 Å². The monoisotopic (exact) mass is 238 g/mol. The van der Waals surface area contributed by atoms with E-state index in [2.05, 4.69) is 12.1 Å². The molecule has 0 amide bonds. The maximum Gasteiger partial charge on any atom is 0.0701 e. The van der Waals surface area contributed by atoms with Crippen molar-refractivity contribution in [3.05, 3.63) is 35.9 Å². The van der Waals surface area contributed by atoms with Gasteiger partial charge in [0.05, 0.1) is 33.0 Å². The van der Waals surface area contributed by atoms with E-state index in [1.807, 2.05) is 25.1 Å². The van der Waals surface area contributed by atoms with E-state index in [4.69, 9.17) is 14.2 Å². The van der Waals surface area contributed by atoms with Crippen LogP contribution in [0.3, 0.4) is 0 Å². The van der Waals surface area contributed by atoms with Crippen LogP contribution in [0.15, 0.2) is 30.3 Å². The van der Waals surface area contributed by atoms with Crippen LogP contribution >= 0.6 is 0 Å². The van der Waals surface area contributed by atoms with Crippen LogP contribution in [0.1, 0.15) is 12.5 Å². The van der Waals surface area contributed by atoms with Gasteiger partial charge >= 0.3 is 0 Å². The van der Waals surface area contributed by atoms with Gasteiger partial charge in [0.25, 0.3) is 0 Å². The first kappa shape index (κ1) is 14.2. The molecular weight excluding hydrogens is 216 g/mol. The second-order valence-corrected chi connectivity index (χ2v) is 3.66. The number of ether oxygens (including phenoxy) is 3. The summed E-state index contributed by atoms with van der Waals surface area (Å²) >= 11 is 0. The lowest BCUT2D eigenvalue weighted by Crippen LogP contribution is -2.10. The highest BCUT2D eigenvalue weighted by molar-refractivity contribution is 5.14. The molecule has 0 unspecified atom stereocenters. The van der Waals surface area contributed by atoms with Gasteiger partial charge in [-0.15, -0.1) is 0 Å². The Morgan fingerprint density at radius 1 is 0.765 bits per heavy atom. The minimum atomic E-state index is 0.641. The highest BCUT2D eigenvalue weighted by atomic mass is 16.5. The van der Waals surface area contributed by atoms with Crippen molar-refractivity contribution in [3.8, 4) is 0 Å². The number of rotatable bonds is 10. The van der Waals surface area contributed by atoms with Gasteiger partial charge in [-0.05, 0) is 18.9 Å². The summed E-state index contributed by atoms with van der Waals surface area (Å²) in [6, 6.07) is 10.3. The van der Waals surface area contributed by atoms with Gasteiger partial charge in [-0.3, -0.25) is 0 Å². The van der Waals surface area contributed by atoms with E-state index in [0.29, 0.717) is 26.4 Å². The van der Waals surface area contributed by atoms with Crippen LogP contribution < -0.4 is 0 Å². The summed E-state index contributed by atoms with van der Waals surface area (Å²) in [6.07, 6.45) is 0.958. The fourth-order valence-electron chi connectivity index (χ4n) is 1.42. The zero-order valence-corrected chi connectivity index (χ0v) is 10.6. The standard InChI is InChI=1S/C14H22O3/c1-2-15-10-11-17-13-12-16-9-8-14-6-4-3-5-7-14/h3-7H,2,8-13H2,1H3. The van der Waals surface area contributed by atoms with E-state index in [-0.39, 0.29) is 0 Å². The SMILES string of the molecule is CCOCCOCCOCCc1ccccc1. The molecule has 1 aromatic carbocycles. The van der Waals surface area contributed by atoms with Crippen LogP contribution in [0.4, 0.5) is 0 Å². The molecule has 0 heterocycles. The lowest BCUT2D eigenvalue weighted by Gasteiger charge is -2.06. The third-order valence-corrected chi connectivity index (χ3v) is 2.33. The molecule has 0 aliphatic rings. The average molecular weight is 238 g/mol. The second kappa shape index (κ2) is 10.3. The molecule has 0 aliphatic heterocycles. The van der Waals surface area contributed by atoms with E-state index in [0.717, 1.165) is 19.6 Å². The summed E-state index contributed by atoms with van der Waals surface area (Å²) in [7, 11) is 0. The summed E-state index contributed by atoms with van der Waals surface area (Å²) in [6.45, 7) is 6.08.